The highest BCUT2D eigenvalue weighted by molar-refractivity contribution is 6.30. The van der Waals surface area contributed by atoms with E-state index in [4.69, 9.17) is 11.6 Å². The number of rotatable bonds is 1. The van der Waals surface area contributed by atoms with Crippen molar-refractivity contribution in [1.82, 2.24) is 10.2 Å². The summed E-state index contributed by atoms with van der Waals surface area (Å²) < 4.78 is 0. The zero-order valence-corrected chi connectivity index (χ0v) is 10.8. The van der Waals surface area contributed by atoms with E-state index in [0.29, 0.717) is 5.92 Å². The first kappa shape index (κ1) is 11.5. The van der Waals surface area contributed by atoms with Gasteiger partial charge in [0.15, 0.2) is 0 Å². The van der Waals surface area contributed by atoms with Crippen LogP contribution in [0.3, 0.4) is 0 Å². The van der Waals surface area contributed by atoms with Crippen LogP contribution in [-0.4, -0.2) is 37.1 Å². The van der Waals surface area contributed by atoms with Crippen LogP contribution in [0.4, 0.5) is 0 Å². The number of hydrogen-bond acceptors (Lipinski definition) is 2. The number of halogens is 1. The average molecular weight is 251 g/mol. The molecule has 3 heteroatoms. The van der Waals surface area contributed by atoms with Crippen LogP contribution in [-0.2, 0) is 0 Å². The van der Waals surface area contributed by atoms with Gasteiger partial charge in [0.1, 0.15) is 0 Å². The Morgan fingerprint density at radius 3 is 2.82 bits per heavy atom. The van der Waals surface area contributed by atoms with Gasteiger partial charge in [-0.1, -0.05) is 23.7 Å². The topological polar surface area (TPSA) is 15.3 Å². The first-order chi connectivity index (χ1) is 8.33. The minimum absolute atomic E-state index is 0.696. The van der Waals surface area contributed by atoms with Gasteiger partial charge in [-0.05, 0) is 36.5 Å². The number of piperazine rings is 1. The molecule has 2 fully saturated rings. The standard InChI is InChI=1S/C14H19ClN2/c15-13-4-1-11(2-5-13)12-3-6-14-9-16-7-8-17(14)10-12/h1-2,4-5,12,14,16H,3,6-10H2/t12-,14-/m0/s1. The summed E-state index contributed by atoms with van der Waals surface area (Å²) in [6.45, 7) is 4.74. The number of nitrogens with one attached hydrogen (secondary N) is 1. The largest absolute Gasteiger partial charge is 0.314 e. The summed E-state index contributed by atoms with van der Waals surface area (Å²) in [7, 11) is 0. The molecular formula is C14H19ClN2. The lowest BCUT2D eigenvalue weighted by atomic mass is 9.86. The Hall–Kier alpha value is -0.570. The smallest absolute Gasteiger partial charge is 0.0406 e. The number of fused-ring (bicyclic) bond motifs is 1. The fourth-order valence-electron chi connectivity index (χ4n) is 3.10. The van der Waals surface area contributed by atoms with E-state index in [1.807, 2.05) is 12.1 Å². The van der Waals surface area contributed by atoms with Gasteiger partial charge >= 0.3 is 0 Å². The van der Waals surface area contributed by atoms with Crippen LogP contribution in [0.1, 0.15) is 24.3 Å². The summed E-state index contributed by atoms with van der Waals surface area (Å²) in [5.41, 5.74) is 1.45. The molecule has 92 valence electrons. The highest BCUT2D eigenvalue weighted by Crippen LogP contribution is 2.31. The second kappa shape index (κ2) is 4.97. The lowest BCUT2D eigenvalue weighted by molar-refractivity contribution is 0.107. The normalized spacial score (nSPS) is 29.9. The first-order valence-electron chi connectivity index (χ1n) is 6.53. The lowest BCUT2D eigenvalue weighted by Crippen LogP contribution is -2.54. The Kier molecular flexibility index (Phi) is 3.37. The SMILES string of the molecule is Clc1ccc([C@H]2CC[C@H]3CNCCN3C2)cc1. The molecule has 2 atom stereocenters. The molecule has 2 heterocycles. The Morgan fingerprint density at radius 2 is 2.00 bits per heavy atom. The molecule has 1 N–H and O–H groups in total. The summed E-state index contributed by atoms with van der Waals surface area (Å²) in [4.78, 5) is 2.65. The van der Waals surface area contributed by atoms with Crippen LogP contribution in [0.2, 0.25) is 5.02 Å². The highest BCUT2D eigenvalue weighted by Gasteiger charge is 2.30. The molecule has 3 rings (SSSR count). The maximum absolute atomic E-state index is 5.94. The van der Waals surface area contributed by atoms with Crippen LogP contribution in [0.25, 0.3) is 0 Å². The Bertz CT molecular complexity index is 376. The number of nitrogens with zero attached hydrogens (tertiary/aromatic N) is 1. The first-order valence-corrected chi connectivity index (χ1v) is 6.91. The predicted molar refractivity (Wildman–Crippen MR) is 71.7 cm³/mol. The average Bonchev–Trinajstić information content (AvgIpc) is 2.39. The molecule has 0 unspecified atom stereocenters. The molecule has 0 bridgehead atoms. The van der Waals surface area contributed by atoms with Crippen LogP contribution in [0, 0.1) is 0 Å². The molecule has 2 aliphatic rings. The van der Waals surface area contributed by atoms with Gasteiger partial charge in [-0.2, -0.15) is 0 Å². The van der Waals surface area contributed by atoms with Gasteiger partial charge in [-0.25, -0.2) is 0 Å². The van der Waals surface area contributed by atoms with Gasteiger partial charge in [-0.3, -0.25) is 4.90 Å². The minimum atomic E-state index is 0.696. The second-order valence-corrected chi connectivity index (χ2v) is 5.62. The summed E-state index contributed by atoms with van der Waals surface area (Å²) in [5, 5.41) is 4.32. The third-order valence-electron chi connectivity index (χ3n) is 4.12. The molecule has 0 amide bonds. The van der Waals surface area contributed by atoms with Gasteiger partial charge in [0.2, 0.25) is 0 Å². The summed E-state index contributed by atoms with van der Waals surface area (Å²) in [5.74, 6) is 0.696. The summed E-state index contributed by atoms with van der Waals surface area (Å²) >= 11 is 5.94. The fourth-order valence-corrected chi connectivity index (χ4v) is 3.23. The van der Waals surface area contributed by atoms with Gasteiger partial charge in [0.05, 0.1) is 0 Å². The maximum atomic E-state index is 5.94. The Morgan fingerprint density at radius 1 is 1.18 bits per heavy atom. The number of piperidine rings is 1. The van der Waals surface area contributed by atoms with Gasteiger partial charge in [0.25, 0.3) is 0 Å². The quantitative estimate of drug-likeness (QED) is 0.824. The van der Waals surface area contributed by atoms with E-state index in [9.17, 15) is 0 Å². The lowest BCUT2D eigenvalue weighted by Gasteiger charge is -2.43. The molecule has 17 heavy (non-hydrogen) atoms. The van der Waals surface area contributed by atoms with Crippen molar-refractivity contribution in [2.24, 2.45) is 0 Å². The summed E-state index contributed by atoms with van der Waals surface area (Å²) in [6, 6.07) is 9.18. The molecule has 1 aromatic carbocycles. The van der Waals surface area contributed by atoms with Crippen LogP contribution >= 0.6 is 11.6 Å². The molecule has 1 aromatic rings. The summed E-state index contributed by atoms with van der Waals surface area (Å²) in [6.07, 6.45) is 2.63. The number of benzene rings is 1. The van der Waals surface area contributed by atoms with Crippen molar-refractivity contribution >= 4 is 11.6 Å². The van der Waals surface area contributed by atoms with Crippen molar-refractivity contribution in [2.45, 2.75) is 24.8 Å². The van der Waals surface area contributed by atoms with Crippen molar-refractivity contribution in [2.75, 3.05) is 26.2 Å². The monoisotopic (exact) mass is 250 g/mol. The van der Waals surface area contributed by atoms with Crippen LogP contribution in [0.15, 0.2) is 24.3 Å². The molecule has 0 radical (unpaired) electrons. The van der Waals surface area contributed by atoms with Crippen molar-refractivity contribution in [3.8, 4) is 0 Å². The molecular weight excluding hydrogens is 232 g/mol. The fraction of sp³-hybridized carbons (Fsp3) is 0.571. The maximum Gasteiger partial charge on any atom is 0.0406 e. The molecule has 0 spiro atoms. The molecule has 0 saturated carbocycles. The van der Waals surface area contributed by atoms with Gasteiger partial charge in [-0.15, -0.1) is 0 Å². The van der Waals surface area contributed by atoms with E-state index in [2.05, 4.69) is 22.3 Å². The van der Waals surface area contributed by atoms with E-state index < -0.39 is 0 Å². The van der Waals surface area contributed by atoms with Crippen LogP contribution in [0.5, 0.6) is 0 Å². The molecule has 2 saturated heterocycles. The van der Waals surface area contributed by atoms with Gasteiger partial charge in [0, 0.05) is 37.2 Å². The van der Waals surface area contributed by atoms with Crippen molar-refractivity contribution in [3.63, 3.8) is 0 Å². The number of hydrogen-bond donors (Lipinski definition) is 1. The molecule has 0 aromatic heterocycles. The van der Waals surface area contributed by atoms with E-state index in [1.165, 1.54) is 38.0 Å². The highest BCUT2D eigenvalue weighted by atomic mass is 35.5. The second-order valence-electron chi connectivity index (χ2n) is 5.18. The van der Waals surface area contributed by atoms with E-state index in [0.717, 1.165) is 17.6 Å². The zero-order valence-electron chi connectivity index (χ0n) is 10.0. The van der Waals surface area contributed by atoms with E-state index in [1.54, 1.807) is 0 Å². The zero-order chi connectivity index (χ0) is 11.7. The van der Waals surface area contributed by atoms with Crippen molar-refractivity contribution < 1.29 is 0 Å². The molecule has 2 aliphatic heterocycles. The molecule has 2 nitrogen and oxygen atoms in total. The van der Waals surface area contributed by atoms with Crippen LogP contribution < -0.4 is 5.32 Å². The Labute approximate surface area is 108 Å². The van der Waals surface area contributed by atoms with E-state index in [-0.39, 0.29) is 0 Å². The van der Waals surface area contributed by atoms with E-state index >= 15 is 0 Å². The predicted octanol–water partition coefficient (Wildman–Crippen LogP) is 2.49. The minimum Gasteiger partial charge on any atom is -0.314 e. The van der Waals surface area contributed by atoms with Crippen molar-refractivity contribution in [3.05, 3.63) is 34.9 Å². The molecule has 0 aliphatic carbocycles. The third kappa shape index (κ3) is 2.49. The van der Waals surface area contributed by atoms with Gasteiger partial charge < -0.3 is 5.32 Å². The van der Waals surface area contributed by atoms with Crippen molar-refractivity contribution in [1.29, 1.82) is 0 Å². The Balaban J connectivity index is 1.71. The third-order valence-corrected chi connectivity index (χ3v) is 4.37.